The van der Waals surface area contributed by atoms with Gasteiger partial charge in [0.1, 0.15) is 0 Å². The smallest absolute Gasteiger partial charge is 0.373 e. The SMILES string of the molecule is N=C(OC(=[NH2+])c1ccccc1)c1ccc(-n2c3ccccc3c3cc(-c4ccc5c(c4)c4ccccc4n5-c4cccc5ccccc45)ccc32)cc1. The minimum absolute atomic E-state index is 0.00183. The van der Waals surface area contributed by atoms with Gasteiger partial charge >= 0.3 is 5.90 Å². The Morgan fingerprint density at radius 1 is 0.434 bits per heavy atom. The molecule has 250 valence electrons. The lowest BCUT2D eigenvalue weighted by molar-refractivity contribution is -0.130. The highest BCUT2D eigenvalue weighted by molar-refractivity contribution is 6.13. The molecule has 0 unspecified atom stereocenters. The summed E-state index contributed by atoms with van der Waals surface area (Å²) in [7, 11) is 0. The Bertz CT molecular complexity index is 3060. The summed E-state index contributed by atoms with van der Waals surface area (Å²) in [5, 5.41) is 22.0. The summed E-state index contributed by atoms with van der Waals surface area (Å²) in [6.07, 6.45) is 0. The van der Waals surface area contributed by atoms with Crippen molar-refractivity contribution >= 4 is 66.2 Å². The zero-order chi connectivity index (χ0) is 35.5. The zero-order valence-corrected chi connectivity index (χ0v) is 28.7. The lowest BCUT2D eigenvalue weighted by atomic mass is 10.0. The van der Waals surface area contributed by atoms with Gasteiger partial charge in [0.2, 0.25) is 5.90 Å². The number of hydrogen-bond acceptors (Lipinski definition) is 2. The van der Waals surface area contributed by atoms with Crippen LogP contribution in [0.4, 0.5) is 0 Å². The van der Waals surface area contributed by atoms with Gasteiger partial charge in [0.15, 0.2) is 0 Å². The van der Waals surface area contributed by atoms with E-state index in [-0.39, 0.29) is 11.8 Å². The number of fused-ring (bicyclic) bond motifs is 7. The third-order valence-corrected chi connectivity index (χ3v) is 10.3. The number of hydrogen-bond donors (Lipinski definition) is 2. The molecule has 0 atom stereocenters. The van der Waals surface area contributed by atoms with E-state index >= 15 is 0 Å². The molecule has 0 saturated heterocycles. The molecule has 3 N–H and O–H groups in total. The molecule has 0 aliphatic carbocycles. The second-order valence-electron chi connectivity index (χ2n) is 13.4. The largest absolute Gasteiger partial charge is 0.386 e. The van der Waals surface area contributed by atoms with E-state index in [2.05, 4.69) is 137 Å². The van der Waals surface area contributed by atoms with Gasteiger partial charge in [-0.25, -0.2) is 5.41 Å². The molecular weight excluding hydrogens is 649 g/mol. The van der Waals surface area contributed by atoms with Crippen LogP contribution in [0.1, 0.15) is 11.1 Å². The predicted octanol–water partition coefficient (Wildman–Crippen LogP) is 10.2. The second kappa shape index (κ2) is 12.2. The van der Waals surface area contributed by atoms with Crippen molar-refractivity contribution in [1.29, 1.82) is 5.41 Å². The van der Waals surface area contributed by atoms with Gasteiger partial charge in [-0.1, -0.05) is 103 Å². The molecular formula is C48H33N4O+. The summed E-state index contributed by atoms with van der Waals surface area (Å²) in [6.45, 7) is 0. The molecule has 0 spiro atoms. The Labute approximate surface area is 305 Å². The lowest BCUT2D eigenvalue weighted by Crippen LogP contribution is -2.43. The molecule has 5 nitrogen and oxygen atoms in total. The Morgan fingerprint density at radius 3 is 1.64 bits per heavy atom. The number of benzene rings is 8. The van der Waals surface area contributed by atoms with E-state index in [9.17, 15) is 0 Å². The van der Waals surface area contributed by atoms with Crippen LogP contribution in [0.25, 0.3) is 76.9 Å². The van der Waals surface area contributed by atoms with Crippen molar-refractivity contribution in [1.82, 2.24) is 9.13 Å². The molecule has 0 aliphatic heterocycles. The average Bonchev–Trinajstić information content (AvgIpc) is 3.73. The highest BCUT2D eigenvalue weighted by Gasteiger charge is 2.18. The van der Waals surface area contributed by atoms with Gasteiger partial charge in [-0.05, 0) is 95.4 Å². The van der Waals surface area contributed by atoms with Crippen LogP contribution in [0, 0.1) is 5.41 Å². The predicted molar refractivity (Wildman–Crippen MR) is 218 cm³/mol. The molecule has 0 bridgehead atoms. The minimum Gasteiger partial charge on any atom is -0.386 e. The van der Waals surface area contributed by atoms with Crippen LogP contribution in [0.2, 0.25) is 0 Å². The fraction of sp³-hybridized carbons (Fsp3) is 0. The summed E-state index contributed by atoms with van der Waals surface area (Å²) in [5.41, 5.74) is 10.5. The van der Waals surface area contributed by atoms with Gasteiger partial charge in [0.25, 0.3) is 0 Å². The number of aromatic nitrogens is 2. The average molecular weight is 682 g/mol. The Hall–Kier alpha value is -7.24. The summed E-state index contributed by atoms with van der Waals surface area (Å²) in [6, 6.07) is 63.4. The molecule has 2 heterocycles. The van der Waals surface area contributed by atoms with Crippen LogP contribution < -0.4 is 5.41 Å². The maximum Gasteiger partial charge on any atom is 0.373 e. The number of rotatable bonds is 5. The lowest BCUT2D eigenvalue weighted by Gasteiger charge is -2.12. The molecule has 0 aliphatic rings. The molecule has 5 heteroatoms. The molecule has 53 heavy (non-hydrogen) atoms. The van der Waals surface area contributed by atoms with Crippen molar-refractivity contribution in [3.8, 4) is 22.5 Å². The first-order valence-electron chi connectivity index (χ1n) is 17.7. The number of para-hydroxylation sites is 2. The van der Waals surface area contributed by atoms with E-state index in [1.165, 1.54) is 54.6 Å². The maximum absolute atomic E-state index is 8.56. The molecule has 0 amide bonds. The summed E-state index contributed by atoms with van der Waals surface area (Å²) < 4.78 is 10.4. The second-order valence-corrected chi connectivity index (χ2v) is 13.4. The van der Waals surface area contributed by atoms with Gasteiger partial charge in [0, 0.05) is 38.2 Å². The number of nitrogens with zero attached hydrogens (tertiary/aromatic N) is 2. The van der Waals surface area contributed by atoms with E-state index in [1.54, 1.807) is 0 Å². The summed E-state index contributed by atoms with van der Waals surface area (Å²) in [4.78, 5) is 0. The van der Waals surface area contributed by atoms with Gasteiger partial charge in [0.05, 0.1) is 33.3 Å². The first kappa shape index (κ1) is 30.6. The van der Waals surface area contributed by atoms with Crippen LogP contribution in [-0.4, -0.2) is 20.9 Å². The summed E-state index contributed by atoms with van der Waals surface area (Å²) in [5.74, 6) is 0.203. The summed E-state index contributed by atoms with van der Waals surface area (Å²) >= 11 is 0. The van der Waals surface area contributed by atoms with Crippen molar-refractivity contribution in [3.05, 3.63) is 193 Å². The highest BCUT2D eigenvalue weighted by Crippen LogP contribution is 2.39. The molecule has 0 saturated carbocycles. The van der Waals surface area contributed by atoms with E-state index < -0.39 is 0 Å². The zero-order valence-electron chi connectivity index (χ0n) is 28.7. The molecule has 10 aromatic rings. The number of nitrogens with two attached hydrogens (primary N) is 1. The topological polar surface area (TPSA) is 68.5 Å². The van der Waals surface area contributed by atoms with Crippen molar-refractivity contribution in [2.75, 3.05) is 0 Å². The van der Waals surface area contributed by atoms with E-state index in [1.807, 2.05) is 54.6 Å². The molecule has 8 aromatic carbocycles. The molecule has 0 fully saturated rings. The number of ether oxygens (including phenoxy) is 1. The molecule has 0 radical (unpaired) electrons. The fourth-order valence-corrected chi connectivity index (χ4v) is 7.84. The first-order valence-corrected chi connectivity index (χ1v) is 17.7. The van der Waals surface area contributed by atoms with E-state index in [0.29, 0.717) is 5.56 Å². The van der Waals surface area contributed by atoms with E-state index in [4.69, 9.17) is 15.6 Å². The van der Waals surface area contributed by atoms with Crippen LogP contribution in [-0.2, 0) is 4.74 Å². The van der Waals surface area contributed by atoms with Crippen LogP contribution in [0.3, 0.4) is 0 Å². The highest BCUT2D eigenvalue weighted by atomic mass is 16.5. The van der Waals surface area contributed by atoms with Crippen molar-refractivity contribution in [2.45, 2.75) is 0 Å². The Balaban J connectivity index is 1.05. The normalized spacial score (nSPS) is 11.5. The molecule has 2 aromatic heterocycles. The van der Waals surface area contributed by atoms with Gasteiger partial charge in [-0.15, -0.1) is 0 Å². The van der Waals surface area contributed by atoms with E-state index in [0.717, 1.165) is 27.8 Å². The van der Waals surface area contributed by atoms with Crippen molar-refractivity contribution in [2.24, 2.45) is 0 Å². The van der Waals surface area contributed by atoms with Gasteiger partial charge in [-0.3, -0.25) is 5.41 Å². The monoisotopic (exact) mass is 681 g/mol. The van der Waals surface area contributed by atoms with Gasteiger partial charge in [-0.2, -0.15) is 0 Å². The first-order chi connectivity index (χ1) is 26.1. The van der Waals surface area contributed by atoms with Gasteiger partial charge < -0.3 is 13.9 Å². The quantitative estimate of drug-likeness (QED) is 0.138. The number of nitrogens with one attached hydrogen (secondary N) is 1. The van der Waals surface area contributed by atoms with Crippen molar-refractivity contribution in [3.63, 3.8) is 0 Å². The third kappa shape index (κ3) is 5.01. The Morgan fingerprint density at radius 2 is 0.962 bits per heavy atom. The fourth-order valence-electron chi connectivity index (χ4n) is 7.84. The third-order valence-electron chi connectivity index (χ3n) is 10.3. The van der Waals surface area contributed by atoms with Crippen molar-refractivity contribution < 1.29 is 10.1 Å². The minimum atomic E-state index is 0.00183. The van der Waals surface area contributed by atoms with Crippen LogP contribution in [0.5, 0.6) is 0 Å². The standard InChI is InChI=1S/C48H32N4O/c49-47(32-12-2-1-3-13-32)53-48(50)33-21-25-36(26-22-33)51-43-18-8-6-16-38(43)40-29-34(23-27-45(40)51)35-24-28-46-41(30-35)39-17-7-9-19-44(39)52(46)42-20-10-14-31-11-4-5-15-37(31)42/h1-30,49-50H/p+1. The molecule has 10 rings (SSSR count). The maximum atomic E-state index is 8.56. The Kier molecular flexibility index (Phi) is 7.05. The van der Waals surface area contributed by atoms with Crippen LogP contribution >= 0.6 is 0 Å². The van der Waals surface area contributed by atoms with Crippen LogP contribution in [0.15, 0.2) is 182 Å².